The van der Waals surface area contributed by atoms with Crippen molar-refractivity contribution in [1.29, 1.82) is 0 Å². The van der Waals surface area contributed by atoms with Crippen molar-refractivity contribution < 1.29 is 14.0 Å². The van der Waals surface area contributed by atoms with E-state index >= 15 is 0 Å². The molecule has 0 saturated carbocycles. The Morgan fingerprint density at radius 3 is 2.86 bits per heavy atom. The van der Waals surface area contributed by atoms with Crippen molar-refractivity contribution in [3.8, 4) is 0 Å². The van der Waals surface area contributed by atoms with Gasteiger partial charge >= 0.3 is 6.03 Å². The topological polar surface area (TPSA) is 98.9 Å². The van der Waals surface area contributed by atoms with Crippen molar-refractivity contribution in [2.24, 2.45) is 0 Å². The van der Waals surface area contributed by atoms with Crippen LogP contribution in [0.3, 0.4) is 0 Å². The van der Waals surface area contributed by atoms with E-state index in [9.17, 15) is 14.0 Å². The highest BCUT2D eigenvalue weighted by atomic mass is 79.9. The van der Waals surface area contributed by atoms with E-state index in [4.69, 9.17) is 0 Å². The monoisotopic (exact) mass is 443 g/mol. The Balaban J connectivity index is 1.68. The first-order chi connectivity index (χ1) is 13.4. The molecule has 1 aromatic heterocycles. The molecule has 0 bridgehead atoms. The van der Waals surface area contributed by atoms with E-state index in [1.807, 2.05) is 6.07 Å². The van der Waals surface area contributed by atoms with Gasteiger partial charge < -0.3 is 16.0 Å². The number of nitrogens with zero attached hydrogens (tertiary/aromatic N) is 1. The molecule has 1 aliphatic rings. The van der Waals surface area contributed by atoms with Gasteiger partial charge in [0.25, 0.3) is 5.91 Å². The Labute approximate surface area is 167 Å². The van der Waals surface area contributed by atoms with Crippen LogP contribution >= 0.6 is 15.9 Å². The number of rotatable bonds is 3. The second-order valence-corrected chi connectivity index (χ2v) is 7.22. The van der Waals surface area contributed by atoms with Crippen LogP contribution < -0.4 is 16.0 Å². The number of nitrogens with one attached hydrogen (secondary N) is 4. The average Bonchev–Trinajstić information content (AvgIpc) is 3.11. The van der Waals surface area contributed by atoms with E-state index in [1.54, 1.807) is 31.3 Å². The number of carbonyl (C=O) groups excluding carboxylic acids is 2. The van der Waals surface area contributed by atoms with E-state index in [-0.39, 0.29) is 10.4 Å². The molecule has 28 heavy (non-hydrogen) atoms. The van der Waals surface area contributed by atoms with Gasteiger partial charge in [0.1, 0.15) is 5.82 Å². The predicted molar refractivity (Wildman–Crippen MR) is 106 cm³/mol. The molecule has 0 radical (unpaired) electrons. The largest absolute Gasteiger partial charge is 0.327 e. The molecular weight excluding hydrogens is 429 g/mol. The van der Waals surface area contributed by atoms with E-state index < -0.39 is 17.9 Å². The second kappa shape index (κ2) is 7.08. The average molecular weight is 444 g/mol. The number of fused-ring (bicyclic) bond motifs is 1. The minimum atomic E-state index is -0.719. The SMILES string of the molecule is CC1=C(C(=O)Nc2ccc3[nH]ncc3c2)C(c2ccc(F)c(Br)c2)NC(=O)N1. The van der Waals surface area contributed by atoms with Crippen molar-refractivity contribution in [2.45, 2.75) is 13.0 Å². The van der Waals surface area contributed by atoms with Crippen LogP contribution in [0.5, 0.6) is 0 Å². The number of allylic oxidation sites excluding steroid dienone is 1. The van der Waals surface area contributed by atoms with Crippen LogP contribution in [0.1, 0.15) is 18.5 Å². The van der Waals surface area contributed by atoms with Gasteiger partial charge in [-0.3, -0.25) is 9.89 Å². The molecule has 3 aromatic rings. The molecule has 142 valence electrons. The van der Waals surface area contributed by atoms with Crippen LogP contribution in [0.2, 0.25) is 0 Å². The zero-order valence-corrected chi connectivity index (χ0v) is 16.2. The summed E-state index contributed by atoms with van der Waals surface area (Å²) in [5.74, 6) is -0.803. The third kappa shape index (κ3) is 3.36. The summed E-state index contributed by atoms with van der Waals surface area (Å²) in [5.41, 5.74) is 2.79. The Kier molecular flexibility index (Phi) is 4.60. The molecule has 2 heterocycles. The molecule has 1 unspecified atom stereocenters. The van der Waals surface area contributed by atoms with Crippen molar-refractivity contribution >= 4 is 44.5 Å². The molecule has 0 saturated heterocycles. The van der Waals surface area contributed by atoms with Gasteiger partial charge in [0.2, 0.25) is 0 Å². The van der Waals surface area contributed by atoms with Gasteiger partial charge in [0, 0.05) is 16.8 Å². The zero-order chi connectivity index (χ0) is 19.8. The fourth-order valence-electron chi connectivity index (χ4n) is 3.16. The summed E-state index contributed by atoms with van der Waals surface area (Å²) in [4.78, 5) is 25.0. The number of hydrogen-bond acceptors (Lipinski definition) is 3. The number of halogens is 2. The zero-order valence-electron chi connectivity index (χ0n) is 14.6. The third-order valence-electron chi connectivity index (χ3n) is 4.49. The molecule has 9 heteroatoms. The van der Waals surface area contributed by atoms with Gasteiger partial charge in [0.15, 0.2) is 0 Å². The molecule has 1 atom stereocenters. The maximum absolute atomic E-state index is 13.6. The van der Waals surface area contributed by atoms with Crippen molar-refractivity contribution in [2.75, 3.05) is 5.32 Å². The normalized spacial score (nSPS) is 16.7. The number of benzene rings is 2. The number of urea groups is 1. The minimum absolute atomic E-state index is 0.251. The van der Waals surface area contributed by atoms with E-state index in [0.29, 0.717) is 22.5 Å². The number of hydrogen-bond donors (Lipinski definition) is 4. The third-order valence-corrected chi connectivity index (χ3v) is 5.10. The molecule has 3 amide bonds. The highest BCUT2D eigenvalue weighted by molar-refractivity contribution is 9.10. The summed E-state index contributed by atoms with van der Waals surface area (Å²) < 4.78 is 13.9. The summed E-state index contributed by atoms with van der Waals surface area (Å²) in [5, 5.41) is 15.9. The lowest BCUT2D eigenvalue weighted by Gasteiger charge is -2.28. The van der Waals surface area contributed by atoms with Gasteiger partial charge in [-0.25, -0.2) is 9.18 Å². The van der Waals surface area contributed by atoms with Gasteiger partial charge in [-0.05, 0) is 58.7 Å². The standard InChI is InChI=1S/C19H15BrFN5O2/c1-9-16(18(27)24-12-3-5-15-11(6-12)8-22-26-15)17(25-19(28)23-9)10-2-4-14(21)13(20)7-10/h2-8,17H,1H3,(H,22,26)(H,24,27)(H2,23,25,28). The first-order valence-corrected chi connectivity index (χ1v) is 9.19. The molecule has 4 rings (SSSR count). The highest BCUT2D eigenvalue weighted by Crippen LogP contribution is 2.30. The molecule has 7 nitrogen and oxygen atoms in total. The summed E-state index contributed by atoms with van der Waals surface area (Å²) in [7, 11) is 0. The van der Waals surface area contributed by atoms with Crippen LogP contribution in [-0.4, -0.2) is 22.1 Å². The van der Waals surface area contributed by atoms with E-state index in [1.165, 1.54) is 12.1 Å². The van der Waals surface area contributed by atoms with Crippen LogP contribution in [0, 0.1) is 5.82 Å². The summed E-state index contributed by atoms with van der Waals surface area (Å²) in [6.07, 6.45) is 1.66. The van der Waals surface area contributed by atoms with Gasteiger partial charge in [-0.2, -0.15) is 5.10 Å². The maximum Gasteiger partial charge on any atom is 0.319 e. The molecule has 1 aliphatic heterocycles. The Morgan fingerprint density at radius 2 is 2.07 bits per heavy atom. The van der Waals surface area contributed by atoms with Gasteiger partial charge in [-0.15, -0.1) is 0 Å². The number of carbonyl (C=O) groups is 2. The molecule has 2 aromatic carbocycles. The van der Waals surface area contributed by atoms with Crippen LogP contribution in [0.4, 0.5) is 14.9 Å². The Bertz CT molecular complexity index is 1140. The van der Waals surface area contributed by atoms with Crippen molar-refractivity contribution in [1.82, 2.24) is 20.8 Å². The highest BCUT2D eigenvalue weighted by Gasteiger charge is 2.31. The van der Waals surface area contributed by atoms with Crippen LogP contribution in [0.15, 0.2) is 58.3 Å². The number of aromatic nitrogens is 2. The summed E-state index contributed by atoms with van der Waals surface area (Å²) in [6.45, 7) is 1.65. The Morgan fingerprint density at radius 1 is 1.25 bits per heavy atom. The number of aromatic amines is 1. The molecule has 0 fully saturated rings. The lowest BCUT2D eigenvalue weighted by molar-refractivity contribution is -0.113. The van der Waals surface area contributed by atoms with E-state index in [2.05, 4.69) is 42.1 Å². The first-order valence-electron chi connectivity index (χ1n) is 8.40. The Hall–Kier alpha value is -3.20. The fourth-order valence-corrected chi connectivity index (χ4v) is 3.55. The predicted octanol–water partition coefficient (Wildman–Crippen LogP) is 3.73. The number of anilines is 1. The van der Waals surface area contributed by atoms with Gasteiger partial charge in [0.05, 0.1) is 27.8 Å². The number of amides is 3. The summed E-state index contributed by atoms with van der Waals surface area (Å²) in [6, 6.07) is 8.58. The number of H-pyrrole nitrogens is 1. The van der Waals surface area contributed by atoms with Gasteiger partial charge in [-0.1, -0.05) is 6.07 Å². The van der Waals surface area contributed by atoms with E-state index in [0.717, 1.165) is 10.9 Å². The lowest BCUT2D eigenvalue weighted by atomic mass is 9.94. The van der Waals surface area contributed by atoms with Crippen LogP contribution in [0.25, 0.3) is 10.9 Å². The van der Waals surface area contributed by atoms with Crippen molar-refractivity contribution in [3.63, 3.8) is 0 Å². The minimum Gasteiger partial charge on any atom is -0.327 e. The summed E-state index contributed by atoms with van der Waals surface area (Å²) >= 11 is 3.14. The molecular formula is C19H15BrFN5O2. The quantitative estimate of drug-likeness (QED) is 0.496. The smallest absolute Gasteiger partial charge is 0.319 e. The maximum atomic E-state index is 13.6. The first kappa shape index (κ1) is 18.2. The lowest BCUT2D eigenvalue weighted by Crippen LogP contribution is -2.46. The second-order valence-electron chi connectivity index (χ2n) is 6.37. The van der Waals surface area contributed by atoms with Crippen molar-refractivity contribution in [3.05, 3.63) is 69.7 Å². The fraction of sp³-hybridized carbons (Fsp3) is 0.105. The molecule has 4 N–H and O–H groups in total. The van der Waals surface area contributed by atoms with Crippen LogP contribution in [-0.2, 0) is 4.79 Å². The molecule has 0 aliphatic carbocycles. The molecule has 0 spiro atoms.